The van der Waals surface area contributed by atoms with Crippen molar-refractivity contribution in [3.05, 3.63) is 5.69 Å². The van der Waals surface area contributed by atoms with Crippen LogP contribution in [0.5, 0.6) is 0 Å². The fraction of sp³-hybridized carbons (Fsp3) is 0.667. The Kier molecular flexibility index (Phi) is 3.39. The second-order valence-electron chi connectivity index (χ2n) is 3.96. The number of aryl methyl sites for hydroxylation is 1. The number of thiazole rings is 1. The maximum Gasteiger partial charge on any atom is 0.254 e. The molecule has 0 saturated carbocycles. The summed E-state index contributed by atoms with van der Waals surface area (Å²) in [6.07, 6.45) is 0. The van der Waals surface area contributed by atoms with E-state index in [2.05, 4.69) is 4.98 Å². The van der Waals surface area contributed by atoms with E-state index in [1.807, 2.05) is 6.92 Å². The average Bonchev–Trinajstić information content (AvgIpc) is 2.59. The predicted octanol–water partition coefficient (Wildman–Crippen LogP) is 0.443. The average molecular weight is 277 g/mol. The zero-order valence-electron chi connectivity index (χ0n) is 9.71. The molecule has 0 amide bonds. The standard InChI is InChI=1S/C9H15N3O3S2/c1-6-5-15-4-3-12(6)17(13,14)8-7(2)11-9(10)16-8/h6H,3-5H2,1-2H3,(H2,10,11). The molecule has 1 atom stereocenters. The third-order valence-electron chi connectivity index (χ3n) is 2.62. The largest absolute Gasteiger partial charge is 0.378 e. The Bertz CT molecular complexity index is 512. The highest BCUT2D eigenvalue weighted by atomic mass is 32.2. The summed E-state index contributed by atoms with van der Waals surface area (Å²) in [4.78, 5) is 3.96. The van der Waals surface area contributed by atoms with Gasteiger partial charge in [-0.05, 0) is 13.8 Å². The Hall–Kier alpha value is -0.700. The summed E-state index contributed by atoms with van der Waals surface area (Å²) < 4.78 is 31.8. The number of aromatic nitrogens is 1. The molecule has 1 unspecified atom stereocenters. The van der Waals surface area contributed by atoms with E-state index < -0.39 is 10.0 Å². The minimum absolute atomic E-state index is 0.156. The first-order chi connectivity index (χ1) is 7.93. The Morgan fingerprint density at radius 1 is 1.59 bits per heavy atom. The van der Waals surface area contributed by atoms with Crippen LogP contribution in [0.25, 0.3) is 0 Å². The predicted molar refractivity (Wildman–Crippen MR) is 65.4 cm³/mol. The monoisotopic (exact) mass is 277 g/mol. The third kappa shape index (κ3) is 2.30. The fourth-order valence-corrected chi connectivity index (χ4v) is 4.83. The number of rotatable bonds is 2. The lowest BCUT2D eigenvalue weighted by Crippen LogP contribution is -2.46. The number of ether oxygens (including phenoxy) is 1. The molecule has 6 nitrogen and oxygen atoms in total. The number of hydrogen-bond donors (Lipinski definition) is 1. The maximum atomic E-state index is 12.4. The molecule has 2 heterocycles. The van der Waals surface area contributed by atoms with Gasteiger partial charge in [0.1, 0.15) is 0 Å². The van der Waals surface area contributed by atoms with Gasteiger partial charge in [0.2, 0.25) is 0 Å². The van der Waals surface area contributed by atoms with Gasteiger partial charge >= 0.3 is 0 Å². The van der Waals surface area contributed by atoms with Crippen molar-refractivity contribution in [3.8, 4) is 0 Å². The van der Waals surface area contributed by atoms with E-state index in [9.17, 15) is 8.42 Å². The zero-order chi connectivity index (χ0) is 12.6. The first-order valence-electron chi connectivity index (χ1n) is 5.25. The Morgan fingerprint density at radius 2 is 2.29 bits per heavy atom. The number of nitrogens with two attached hydrogens (primary N) is 1. The lowest BCUT2D eigenvalue weighted by atomic mass is 10.3. The van der Waals surface area contributed by atoms with Gasteiger partial charge < -0.3 is 10.5 Å². The van der Waals surface area contributed by atoms with Crippen molar-refractivity contribution in [1.82, 2.24) is 9.29 Å². The molecule has 0 radical (unpaired) electrons. The van der Waals surface area contributed by atoms with Crippen LogP contribution in [-0.4, -0.2) is 43.5 Å². The summed E-state index contributed by atoms with van der Waals surface area (Å²) in [6, 6.07) is -0.156. The van der Waals surface area contributed by atoms with Gasteiger partial charge in [0.05, 0.1) is 18.9 Å². The molecule has 8 heteroatoms. The van der Waals surface area contributed by atoms with Gasteiger partial charge in [-0.15, -0.1) is 0 Å². The van der Waals surface area contributed by atoms with Gasteiger partial charge in [0.15, 0.2) is 9.34 Å². The van der Waals surface area contributed by atoms with Gasteiger partial charge in [-0.25, -0.2) is 13.4 Å². The molecule has 1 aliphatic rings. The summed E-state index contributed by atoms with van der Waals surface area (Å²) >= 11 is 1.01. The smallest absolute Gasteiger partial charge is 0.254 e. The van der Waals surface area contributed by atoms with E-state index in [0.29, 0.717) is 25.5 Å². The molecule has 1 aromatic heterocycles. The minimum Gasteiger partial charge on any atom is -0.378 e. The molecule has 1 saturated heterocycles. The zero-order valence-corrected chi connectivity index (χ0v) is 11.3. The first kappa shape index (κ1) is 12.7. The van der Waals surface area contributed by atoms with Crippen LogP contribution in [0, 0.1) is 6.92 Å². The molecular weight excluding hydrogens is 262 g/mol. The van der Waals surface area contributed by atoms with Crippen LogP contribution in [0.1, 0.15) is 12.6 Å². The van der Waals surface area contributed by atoms with E-state index in [0.717, 1.165) is 11.3 Å². The van der Waals surface area contributed by atoms with Crippen LogP contribution >= 0.6 is 11.3 Å². The van der Waals surface area contributed by atoms with Gasteiger partial charge in [-0.1, -0.05) is 11.3 Å². The van der Waals surface area contributed by atoms with E-state index in [1.165, 1.54) is 4.31 Å². The first-order valence-corrected chi connectivity index (χ1v) is 7.51. The minimum atomic E-state index is -3.49. The quantitative estimate of drug-likeness (QED) is 0.848. The van der Waals surface area contributed by atoms with E-state index in [4.69, 9.17) is 10.5 Å². The van der Waals surface area contributed by atoms with Crippen molar-refractivity contribution in [2.24, 2.45) is 0 Å². The van der Waals surface area contributed by atoms with Crippen LogP contribution in [-0.2, 0) is 14.8 Å². The van der Waals surface area contributed by atoms with E-state index in [1.54, 1.807) is 6.92 Å². The van der Waals surface area contributed by atoms with Crippen molar-refractivity contribution in [2.45, 2.75) is 24.1 Å². The molecule has 2 rings (SSSR count). The normalized spacial score (nSPS) is 22.8. The van der Waals surface area contributed by atoms with Crippen LogP contribution in [0.2, 0.25) is 0 Å². The summed E-state index contributed by atoms with van der Waals surface area (Å²) in [5.41, 5.74) is 6.00. The number of sulfonamides is 1. The molecule has 1 aliphatic heterocycles. The molecule has 96 valence electrons. The molecular formula is C9H15N3O3S2. The molecule has 0 spiro atoms. The highest BCUT2D eigenvalue weighted by Gasteiger charge is 2.34. The summed E-state index contributed by atoms with van der Waals surface area (Å²) in [6.45, 7) is 4.71. The Balaban J connectivity index is 2.39. The molecule has 0 aliphatic carbocycles. The van der Waals surface area contributed by atoms with Crippen LogP contribution in [0.15, 0.2) is 4.21 Å². The number of anilines is 1. The van der Waals surface area contributed by atoms with Crippen molar-refractivity contribution < 1.29 is 13.2 Å². The highest BCUT2D eigenvalue weighted by Crippen LogP contribution is 2.29. The lowest BCUT2D eigenvalue weighted by molar-refractivity contribution is 0.0393. The Morgan fingerprint density at radius 3 is 2.82 bits per heavy atom. The van der Waals surface area contributed by atoms with Crippen LogP contribution in [0.4, 0.5) is 5.13 Å². The topological polar surface area (TPSA) is 85.5 Å². The summed E-state index contributed by atoms with van der Waals surface area (Å²) in [7, 11) is -3.49. The molecule has 1 fully saturated rings. The molecule has 0 aromatic carbocycles. The Labute approximate surface area is 104 Å². The molecule has 2 N–H and O–H groups in total. The van der Waals surface area contributed by atoms with Crippen molar-refractivity contribution in [3.63, 3.8) is 0 Å². The molecule has 17 heavy (non-hydrogen) atoms. The van der Waals surface area contributed by atoms with Gasteiger partial charge in [-0.2, -0.15) is 4.31 Å². The lowest BCUT2D eigenvalue weighted by Gasteiger charge is -2.31. The SMILES string of the molecule is Cc1nc(N)sc1S(=O)(=O)N1CCOCC1C. The highest BCUT2D eigenvalue weighted by molar-refractivity contribution is 7.91. The number of hydrogen-bond acceptors (Lipinski definition) is 6. The van der Waals surface area contributed by atoms with Crippen molar-refractivity contribution >= 4 is 26.5 Å². The summed E-state index contributed by atoms with van der Waals surface area (Å²) in [5, 5.41) is 0.280. The number of nitrogen functional groups attached to an aromatic ring is 1. The van der Waals surface area contributed by atoms with E-state index >= 15 is 0 Å². The van der Waals surface area contributed by atoms with Crippen LogP contribution in [0.3, 0.4) is 0 Å². The van der Waals surface area contributed by atoms with Crippen molar-refractivity contribution in [1.29, 1.82) is 0 Å². The van der Waals surface area contributed by atoms with Gasteiger partial charge in [-0.3, -0.25) is 0 Å². The number of nitrogens with zero attached hydrogens (tertiary/aromatic N) is 2. The number of morpholine rings is 1. The molecule has 0 bridgehead atoms. The summed E-state index contributed by atoms with van der Waals surface area (Å²) in [5.74, 6) is 0. The third-order valence-corrected chi connectivity index (χ3v) is 6.21. The van der Waals surface area contributed by atoms with Gasteiger partial charge in [0, 0.05) is 12.6 Å². The maximum absolute atomic E-state index is 12.4. The second-order valence-corrected chi connectivity index (χ2v) is 7.08. The van der Waals surface area contributed by atoms with Crippen LogP contribution < -0.4 is 5.73 Å². The fourth-order valence-electron chi connectivity index (χ4n) is 1.82. The van der Waals surface area contributed by atoms with E-state index in [-0.39, 0.29) is 15.4 Å². The molecule has 1 aromatic rings. The van der Waals surface area contributed by atoms with Gasteiger partial charge in [0.25, 0.3) is 10.0 Å². The second kappa shape index (κ2) is 4.52. The van der Waals surface area contributed by atoms with Crippen molar-refractivity contribution in [2.75, 3.05) is 25.5 Å².